The number of hydrogen-bond acceptors (Lipinski definition) is 8. The molecule has 3 aromatic carbocycles. The lowest BCUT2D eigenvalue weighted by Gasteiger charge is -2.49. The Balaban J connectivity index is 1.37. The summed E-state index contributed by atoms with van der Waals surface area (Å²) >= 11 is 6.05. The number of ether oxygens (including phenoxy) is 1. The molecule has 47 heavy (non-hydrogen) atoms. The fourth-order valence-corrected chi connectivity index (χ4v) is 8.31. The van der Waals surface area contributed by atoms with Crippen LogP contribution in [0.15, 0.2) is 72.3 Å². The summed E-state index contributed by atoms with van der Waals surface area (Å²) in [7, 11) is 1.38. The largest absolute Gasteiger partial charge is 0.504 e. The van der Waals surface area contributed by atoms with Gasteiger partial charge in [0.1, 0.15) is 5.82 Å². The number of nitrogens with zero attached hydrogens (tertiary/aromatic N) is 3. The van der Waals surface area contributed by atoms with Gasteiger partial charge in [-0.3, -0.25) is 29.3 Å². The molecule has 2 aliphatic heterocycles. The number of phenolic OH excluding ortho intramolecular Hbond substituents is 1. The van der Waals surface area contributed by atoms with Gasteiger partial charge in [0, 0.05) is 18.1 Å². The van der Waals surface area contributed by atoms with Crippen LogP contribution < -0.4 is 14.5 Å². The third kappa shape index (κ3) is 4.31. The van der Waals surface area contributed by atoms with E-state index in [1.54, 1.807) is 19.1 Å². The number of non-ortho nitro benzene ring substituents is 1. The molecule has 4 amide bonds. The molecule has 2 aliphatic carbocycles. The highest BCUT2D eigenvalue weighted by atomic mass is 35.5. The Bertz CT molecular complexity index is 1960. The van der Waals surface area contributed by atoms with Gasteiger partial charge in [0.15, 0.2) is 11.5 Å². The molecule has 13 heteroatoms. The number of phenols is 1. The second-order valence-corrected chi connectivity index (χ2v) is 12.9. The van der Waals surface area contributed by atoms with Gasteiger partial charge in [-0.1, -0.05) is 35.4 Å². The number of rotatable bonds is 5. The normalized spacial score (nSPS) is 28.2. The number of halogens is 2. The van der Waals surface area contributed by atoms with Crippen LogP contribution in [0.4, 0.5) is 21.5 Å². The summed E-state index contributed by atoms with van der Waals surface area (Å²) in [5.74, 6) is -6.91. The summed E-state index contributed by atoms with van der Waals surface area (Å²) in [6.07, 6.45) is 2.08. The van der Waals surface area contributed by atoms with E-state index in [1.807, 2.05) is 6.08 Å². The molecule has 3 aromatic rings. The standard InChI is InChI=1S/C34H27ClFN3O8/c1-34-23(31(42)38(33(34)44)18-7-10-25(36)24(35)14-18)15-22-20(29(34)16-6-11-26(40)27(12-16)47-2)8-9-21-28(22)32(43)37(30(21)41)17-4-3-5-19(13-17)39(45)46/h3-8,10-14,21-23,28-29,40H,9,15H2,1-2H3. The number of hydrogen-bond donors (Lipinski definition) is 1. The van der Waals surface area contributed by atoms with Crippen molar-refractivity contribution in [2.75, 3.05) is 16.9 Å². The molecule has 1 saturated carbocycles. The molecule has 6 unspecified atom stereocenters. The predicted octanol–water partition coefficient (Wildman–Crippen LogP) is 5.54. The lowest BCUT2D eigenvalue weighted by molar-refractivity contribution is -0.384. The van der Waals surface area contributed by atoms with Crippen LogP contribution in [0.25, 0.3) is 0 Å². The summed E-state index contributed by atoms with van der Waals surface area (Å²) < 4.78 is 19.5. The maximum Gasteiger partial charge on any atom is 0.271 e. The molecule has 7 rings (SSSR count). The smallest absolute Gasteiger partial charge is 0.271 e. The average molecular weight is 660 g/mol. The zero-order chi connectivity index (χ0) is 33.5. The van der Waals surface area contributed by atoms with Crippen molar-refractivity contribution in [1.29, 1.82) is 0 Å². The number of amides is 4. The molecule has 2 heterocycles. The molecule has 1 N–H and O–H groups in total. The molecule has 0 bridgehead atoms. The number of imide groups is 2. The van der Waals surface area contributed by atoms with Crippen LogP contribution in [0.3, 0.4) is 0 Å². The fraction of sp³-hybridized carbons (Fsp3) is 0.294. The van der Waals surface area contributed by atoms with Gasteiger partial charge in [-0.15, -0.1) is 0 Å². The van der Waals surface area contributed by atoms with E-state index in [4.69, 9.17) is 16.3 Å². The summed E-state index contributed by atoms with van der Waals surface area (Å²) in [5.41, 5.74) is -0.239. The lowest BCUT2D eigenvalue weighted by Crippen LogP contribution is -2.48. The molecular weight excluding hydrogens is 633 g/mol. The number of benzene rings is 3. The Labute approximate surface area is 272 Å². The molecule has 240 valence electrons. The zero-order valence-corrected chi connectivity index (χ0v) is 25.8. The first-order valence-electron chi connectivity index (χ1n) is 14.9. The van der Waals surface area contributed by atoms with Crippen molar-refractivity contribution < 1.29 is 38.3 Å². The van der Waals surface area contributed by atoms with Crippen LogP contribution >= 0.6 is 11.6 Å². The average Bonchev–Trinajstić information content (AvgIpc) is 3.42. The topological polar surface area (TPSA) is 147 Å². The first-order chi connectivity index (χ1) is 22.4. The summed E-state index contributed by atoms with van der Waals surface area (Å²) in [6.45, 7) is 1.69. The summed E-state index contributed by atoms with van der Waals surface area (Å²) in [4.78, 5) is 69.6. The number of nitro groups is 1. The van der Waals surface area contributed by atoms with Crippen LogP contribution in [0.2, 0.25) is 5.02 Å². The number of anilines is 2. The van der Waals surface area contributed by atoms with E-state index in [1.165, 1.54) is 49.6 Å². The maximum absolute atomic E-state index is 14.5. The van der Waals surface area contributed by atoms with Crippen molar-refractivity contribution in [3.8, 4) is 11.5 Å². The minimum Gasteiger partial charge on any atom is -0.504 e. The number of allylic oxidation sites excluding steroid dienone is 2. The van der Waals surface area contributed by atoms with E-state index < -0.39 is 69.4 Å². The Hall–Kier alpha value is -5.10. The second-order valence-electron chi connectivity index (χ2n) is 12.5. The molecule has 0 radical (unpaired) electrons. The minimum absolute atomic E-state index is 0.0625. The third-order valence-electron chi connectivity index (χ3n) is 10.3. The van der Waals surface area contributed by atoms with Crippen molar-refractivity contribution in [3.05, 3.63) is 98.8 Å². The van der Waals surface area contributed by atoms with Gasteiger partial charge in [-0.2, -0.15) is 0 Å². The third-order valence-corrected chi connectivity index (χ3v) is 10.6. The van der Waals surface area contributed by atoms with Gasteiger partial charge in [0.05, 0.1) is 51.6 Å². The highest BCUT2D eigenvalue weighted by molar-refractivity contribution is 6.32. The first-order valence-corrected chi connectivity index (χ1v) is 15.3. The number of carbonyl (C=O) groups is 4. The van der Waals surface area contributed by atoms with Crippen molar-refractivity contribution in [1.82, 2.24) is 0 Å². The molecule has 2 saturated heterocycles. The molecule has 0 aromatic heterocycles. The van der Waals surface area contributed by atoms with Crippen LogP contribution in [0.1, 0.15) is 31.2 Å². The Morgan fingerprint density at radius 2 is 1.72 bits per heavy atom. The van der Waals surface area contributed by atoms with Gasteiger partial charge in [-0.05, 0) is 67.6 Å². The highest BCUT2D eigenvalue weighted by Gasteiger charge is 2.67. The SMILES string of the molecule is COc1cc(C2C3=CCC4C(=O)N(c5cccc([N+](=O)[O-])c5)C(=O)C4C3CC3C(=O)N(c4ccc(F)c(Cl)c4)C(=O)C32C)ccc1O. The van der Waals surface area contributed by atoms with Crippen LogP contribution in [0, 0.1) is 45.0 Å². The lowest BCUT2D eigenvalue weighted by atomic mass is 9.51. The van der Waals surface area contributed by atoms with Crippen molar-refractivity contribution >= 4 is 52.3 Å². The first kappa shape index (κ1) is 30.5. The molecule has 6 atom stereocenters. The number of carbonyl (C=O) groups excluding carboxylic acids is 4. The second kappa shape index (κ2) is 10.7. The van der Waals surface area contributed by atoms with Gasteiger partial charge < -0.3 is 9.84 Å². The molecule has 4 aliphatic rings. The van der Waals surface area contributed by atoms with Crippen LogP contribution in [-0.4, -0.2) is 40.8 Å². The van der Waals surface area contributed by atoms with Crippen LogP contribution in [-0.2, 0) is 19.2 Å². The van der Waals surface area contributed by atoms with E-state index >= 15 is 0 Å². The minimum atomic E-state index is -1.39. The quantitative estimate of drug-likeness (QED) is 0.163. The van der Waals surface area contributed by atoms with Gasteiger partial charge in [-0.25, -0.2) is 14.2 Å². The molecule has 3 fully saturated rings. The number of aromatic hydroxyl groups is 1. The van der Waals surface area contributed by atoms with Gasteiger partial charge in [0.2, 0.25) is 23.6 Å². The van der Waals surface area contributed by atoms with Crippen molar-refractivity contribution in [3.63, 3.8) is 0 Å². The van der Waals surface area contributed by atoms with Crippen molar-refractivity contribution in [2.24, 2.45) is 29.1 Å². The number of methoxy groups -OCH3 is 1. The predicted molar refractivity (Wildman–Crippen MR) is 166 cm³/mol. The van der Waals surface area contributed by atoms with Crippen LogP contribution in [0.5, 0.6) is 11.5 Å². The van der Waals surface area contributed by atoms with E-state index in [2.05, 4.69) is 0 Å². The van der Waals surface area contributed by atoms with E-state index in [0.29, 0.717) is 11.1 Å². The Morgan fingerprint density at radius 3 is 2.43 bits per heavy atom. The number of fused-ring (bicyclic) bond motifs is 4. The number of nitro benzene ring substituents is 1. The zero-order valence-electron chi connectivity index (χ0n) is 25.1. The Kier molecular flexibility index (Phi) is 6.97. The van der Waals surface area contributed by atoms with E-state index in [0.717, 1.165) is 15.9 Å². The highest BCUT2D eigenvalue weighted by Crippen LogP contribution is 2.64. The Morgan fingerprint density at radius 1 is 0.979 bits per heavy atom. The van der Waals surface area contributed by atoms with Gasteiger partial charge >= 0.3 is 0 Å². The summed E-state index contributed by atoms with van der Waals surface area (Å²) in [6, 6.07) is 13.5. The molecule has 11 nitrogen and oxygen atoms in total. The molecular formula is C34H27ClFN3O8. The summed E-state index contributed by atoms with van der Waals surface area (Å²) in [5, 5.41) is 21.6. The van der Waals surface area contributed by atoms with Gasteiger partial charge in [0.25, 0.3) is 5.69 Å². The van der Waals surface area contributed by atoms with E-state index in [9.17, 15) is 38.8 Å². The molecule has 0 spiro atoms. The van der Waals surface area contributed by atoms with E-state index in [-0.39, 0.29) is 46.4 Å². The van der Waals surface area contributed by atoms with Crippen molar-refractivity contribution in [2.45, 2.75) is 25.7 Å². The monoisotopic (exact) mass is 659 g/mol. The maximum atomic E-state index is 14.5. The fourth-order valence-electron chi connectivity index (χ4n) is 8.14.